The SMILES string of the molecule is CCCCC(C)(C)C(O)C=C[C@H]1[C@@H](CCOCC=CC(=O)O)[C@H]2CC[C@@H]1O2. The number of aliphatic hydroxyl groups excluding tert-OH is 1. The molecule has 2 saturated heterocycles. The molecular formula is C22H36O5. The van der Waals surface area contributed by atoms with Crippen molar-refractivity contribution in [2.45, 2.75) is 77.6 Å². The summed E-state index contributed by atoms with van der Waals surface area (Å²) in [5.74, 6) is -0.210. The molecule has 0 spiro atoms. The van der Waals surface area contributed by atoms with E-state index in [9.17, 15) is 9.90 Å². The molecule has 27 heavy (non-hydrogen) atoms. The zero-order valence-electron chi connectivity index (χ0n) is 17.0. The zero-order chi connectivity index (χ0) is 19.9. The maximum atomic E-state index is 10.6. The minimum absolute atomic E-state index is 0.111. The molecule has 2 aliphatic rings. The van der Waals surface area contributed by atoms with Gasteiger partial charge in [0.05, 0.1) is 24.9 Å². The number of aliphatic hydroxyl groups is 1. The predicted molar refractivity (Wildman–Crippen MR) is 106 cm³/mol. The van der Waals surface area contributed by atoms with Gasteiger partial charge in [0.15, 0.2) is 0 Å². The molecule has 2 fully saturated rings. The molecule has 5 atom stereocenters. The van der Waals surface area contributed by atoms with Crippen LogP contribution in [-0.4, -0.2) is 47.7 Å². The molecule has 2 aliphatic heterocycles. The highest BCUT2D eigenvalue weighted by Crippen LogP contribution is 2.46. The monoisotopic (exact) mass is 380 g/mol. The third-order valence-corrected chi connectivity index (χ3v) is 6.05. The lowest BCUT2D eigenvalue weighted by molar-refractivity contribution is -0.131. The van der Waals surface area contributed by atoms with Crippen LogP contribution in [-0.2, 0) is 14.3 Å². The summed E-state index contributed by atoms with van der Waals surface area (Å²) in [5.41, 5.74) is -0.111. The molecule has 0 radical (unpaired) electrons. The highest BCUT2D eigenvalue weighted by Gasteiger charge is 2.47. The van der Waals surface area contributed by atoms with E-state index in [0.717, 1.165) is 44.6 Å². The highest BCUT2D eigenvalue weighted by molar-refractivity contribution is 5.79. The van der Waals surface area contributed by atoms with E-state index in [1.807, 2.05) is 6.08 Å². The molecule has 0 saturated carbocycles. The molecule has 2 heterocycles. The largest absolute Gasteiger partial charge is 0.478 e. The number of fused-ring (bicyclic) bond motifs is 2. The van der Waals surface area contributed by atoms with Gasteiger partial charge >= 0.3 is 5.97 Å². The van der Waals surface area contributed by atoms with Crippen LogP contribution in [0.3, 0.4) is 0 Å². The summed E-state index contributed by atoms with van der Waals surface area (Å²) in [6.45, 7) is 7.35. The van der Waals surface area contributed by atoms with Crippen molar-refractivity contribution in [3.8, 4) is 0 Å². The second kappa shape index (κ2) is 10.4. The zero-order valence-corrected chi connectivity index (χ0v) is 17.0. The number of carboxylic acid groups (broad SMARTS) is 1. The van der Waals surface area contributed by atoms with Crippen LogP contribution in [0.15, 0.2) is 24.3 Å². The van der Waals surface area contributed by atoms with Gasteiger partial charge in [0.1, 0.15) is 0 Å². The van der Waals surface area contributed by atoms with Crippen LogP contribution in [0, 0.1) is 17.3 Å². The van der Waals surface area contributed by atoms with Crippen molar-refractivity contribution >= 4 is 5.97 Å². The van der Waals surface area contributed by atoms with Gasteiger partial charge in [-0.2, -0.15) is 0 Å². The van der Waals surface area contributed by atoms with E-state index in [0.29, 0.717) is 25.0 Å². The van der Waals surface area contributed by atoms with E-state index in [2.05, 4.69) is 26.8 Å². The number of carbonyl (C=O) groups is 1. The van der Waals surface area contributed by atoms with Crippen molar-refractivity contribution in [1.82, 2.24) is 0 Å². The predicted octanol–water partition coefficient (Wildman–Crippen LogP) is 3.96. The maximum Gasteiger partial charge on any atom is 0.328 e. The van der Waals surface area contributed by atoms with E-state index in [1.165, 1.54) is 6.08 Å². The number of aliphatic carboxylic acids is 1. The summed E-state index contributed by atoms with van der Waals surface area (Å²) in [6, 6.07) is 0. The van der Waals surface area contributed by atoms with Gasteiger partial charge in [-0.3, -0.25) is 0 Å². The van der Waals surface area contributed by atoms with Crippen molar-refractivity contribution < 1.29 is 24.5 Å². The lowest BCUT2D eigenvalue weighted by atomic mass is 9.76. The highest BCUT2D eigenvalue weighted by atomic mass is 16.5. The molecule has 0 aromatic rings. The first kappa shape index (κ1) is 22.1. The Morgan fingerprint density at radius 3 is 2.78 bits per heavy atom. The van der Waals surface area contributed by atoms with Gasteiger partial charge in [0, 0.05) is 18.6 Å². The average molecular weight is 381 g/mol. The van der Waals surface area contributed by atoms with Crippen LogP contribution in [0.4, 0.5) is 0 Å². The van der Waals surface area contributed by atoms with Gasteiger partial charge in [-0.05, 0) is 37.0 Å². The lowest BCUT2D eigenvalue weighted by Gasteiger charge is -2.30. The van der Waals surface area contributed by atoms with Crippen LogP contribution in [0.25, 0.3) is 0 Å². The Hall–Kier alpha value is -1.17. The molecule has 154 valence electrons. The molecule has 1 unspecified atom stereocenters. The quantitative estimate of drug-likeness (QED) is 0.304. The van der Waals surface area contributed by atoms with Crippen molar-refractivity contribution in [3.63, 3.8) is 0 Å². The number of unbranched alkanes of at least 4 members (excludes halogenated alkanes) is 1. The second-order valence-electron chi connectivity index (χ2n) is 8.56. The minimum atomic E-state index is -0.953. The molecule has 5 heteroatoms. The van der Waals surface area contributed by atoms with Crippen molar-refractivity contribution in [1.29, 1.82) is 0 Å². The first-order chi connectivity index (χ1) is 12.8. The average Bonchev–Trinajstić information content (AvgIpc) is 3.22. The summed E-state index contributed by atoms with van der Waals surface area (Å²) >= 11 is 0. The first-order valence-corrected chi connectivity index (χ1v) is 10.3. The number of hydrogen-bond acceptors (Lipinski definition) is 4. The second-order valence-corrected chi connectivity index (χ2v) is 8.56. The molecule has 0 amide bonds. The summed E-state index contributed by atoms with van der Waals surface area (Å²) in [7, 11) is 0. The molecule has 0 aromatic heterocycles. The Balaban J connectivity index is 1.85. The van der Waals surface area contributed by atoms with Crippen LogP contribution in [0.2, 0.25) is 0 Å². The van der Waals surface area contributed by atoms with Crippen molar-refractivity contribution in [3.05, 3.63) is 24.3 Å². The fraction of sp³-hybridized carbons (Fsp3) is 0.773. The smallest absolute Gasteiger partial charge is 0.328 e. The molecule has 2 bridgehead atoms. The summed E-state index contributed by atoms with van der Waals surface area (Å²) in [4.78, 5) is 10.4. The van der Waals surface area contributed by atoms with Gasteiger partial charge in [-0.1, -0.05) is 51.8 Å². The third-order valence-electron chi connectivity index (χ3n) is 6.05. The number of ether oxygens (including phenoxy) is 2. The topological polar surface area (TPSA) is 76.0 Å². The Bertz CT molecular complexity index is 525. The number of rotatable bonds is 12. The molecule has 2 N–H and O–H groups in total. The summed E-state index contributed by atoms with van der Waals surface area (Å²) in [5, 5.41) is 19.2. The molecule has 5 nitrogen and oxygen atoms in total. The maximum absolute atomic E-state index is 10.6. The van der Waals surface area contributed by atoms with E-state index in [-0.39, 0.29) is 17.6 Å². The van der Waals surface area contributed by atoms with Crippen LogP contribution in [0.5, 0.6) is 0 Å². The standard InChI is InChI=1S/C22H36O5/c1-4-5-13-22(2,3)20(23)11-8-16-17(19-10-9-18(16)27-19)12-15-26-14-6-7-21(24)25/h6-8,11,16-20,23H,4-5,9-10,12-15H2,1-3H3,(H,24,25)/t16-,17+,18-,19+,20?/m0/s1. The summed E-state index contributed by atoms with van der Waals surface area (Å²) in [6.07, 6.45) is 13.3. The van der Waals surface area contributed by atoms with E-state index in [4.69, 9.17) is 14.6 Å². The molecule has 0 aliphatic carbocycles. The Morgan fingerprint density at radius 2 is 2.07 bits per heavy atom. The van der Waals surface area contributed by atoms with Crippen LogP contribution >= 0.6 is 0 Å². The van der Waals surface area contributed by atoms with E-state index in [1.54, 1.807) is 0 Å². The normalized spacial score (nSPS) is 29.2. The van der Waals surface area contributed by atoms with Gasteiger partial charge in [0.25, 0.3) is 0 Å². The lowest BCUT2D eigenvalue weighted by Crippen LogP contribution is -2.30. The number of hydrogen-bond donors (Lipinski definition) is 2. The van der Waals surface area contributed by atoms with Gasteiger partial charge in [-0.15, -0.1) is 0 Å². The summed E-state index contributed by atoms with van der Waals surface area (Å²) < 4.78 is 11.7. The Labute approximate surface area is 163 Å². The van der Waals surface area contributed by atoms with E-state index < -0.39 is 12.1 Å². The fourth-order valence-corrected chi connectivity index (χ4v) is 4.25. The number of carboxylic acids is 1. The van der Waals surface area contributed by atoms with Crippen LogP contribution < -0.4 is 0 Å². The molecular weight excluding hydrogens is 344 g/mol. The minimum Gasteiger partial charge on any atom is -0.478 e. The Morgan fingerprint density at radius 1 is 1.33 bits per heavy atom. The van der Waals surface area contributed by atoms with Gasteiger partial charge in [-0.25, -0.2) is 4.79 Å². The van der Waals surface area contributed by atoms with E-state index >= 15 is 0 Å². The van der Waals surface area contributed by atoms with Gasteiger partial charge in [0.2, 0.25) is 0 Å². The van der Waals surface area contributed by atoms with Crippen LogP contribution in [0.1, 0.15) is 59.3 Å². The van der Waals surface area contributed by atoms with Crippen molar-refractivity contribution in [2.24, 2.45) is 17.3 Å². The fourth-order valence-electron chi connectivity index (χ4n) is 4.25. The molecule has 0 aromatic carbocycles. The van der Waals surface area contributed by atoms with Crippen molar-refractivity contribution in [2.75, 3.05) is 13.2 Å². The van der Waals surface area contributed by atoms with Gasteiger partial charge < -0.3 is 19.7 Å². The Kier molecular flexibility index (Phi) is 8.52. The molecule has 2 rings (SSSR count). The first-order valence-electron chi connectivity index (χ1n) is 10.3. The third kappa shape index (κ3) is 6.44.